The number of benzene rings is 3. The van der Waals surface area contributed by atoms with Crippen LogP contribution in [0.2, 0.25) is 0 Å². The minimum absolute atomic E-state index is 0.0211. The van der Waals surface area contributed by atoms with Gasteiger partial charge in [0.25, 0.3) is 5.91 Å². The van der Waals surface area contributed by atoms with Gasteiger partial charge in [0.2, 0.25) is 0 Å². The quantitative estimate of drug-likeness (QED) is 0.191. The molecule has 3 fully saturated rings. The van der Waals surface area contributed by atoms with Gasteiger partial charge in [0.1, 0.15) is 29.9 Å². The van der Waals surface area contributed by atoms with Crippen molar-refractivity contribution in [1.82, 2.24) is 29.7 Å². The lowest BCUT2D eigenvalue weighted by Crippen LogP contribution is -2.55. The Balaban J connectivity index is 1.18. The van der Waals surface area contributed by atoms with Crippen LogP contribution in [0.15, 0.2) is 72.8 Å². The molecular formula is C39H35F3N8O3. The van der Waals surface area contributed by atoms with E-state index >= 15 is 8.78 Å². The molecule has 3 aromatic carbocycles. The number of phenols is 1. The van der Waals surface area contributed by atoms with E-state index in [-0.39, 0.29) is 61.3 Å². The van der Waals surface area contributed by atoms with Gasteiger partial charge in [0.05, 0.1) is 24.1 Å². The second-order valence-electron chi connectivity index (χ2n) is 13.8. The number of anilines is 1. The van der Waals surface area contributed by atoms with Gasteiger partial charge in [-0.15, -0.1) is 0 Å². The lowest BCUT2D eigenvalue weighted by molar-refractivity contribution is -0.131. The fraction of sp³-hybridized carbons (Fsp3) is 0.333. The Morgan fingerprint density at radius 1 is 1.04 bits per heavy atom. The number of aromatic hydroxyl groups is 1. The number of nitriles is 1. The van der Waals surface area contributed by atoms with Crippen LogP contribution in [0.4, 0.5) is 19.0 Å². The Hall–Kier alpha value is -5.81. The van der Waals surface area contributed by atoms with E-state index in [1.54, 1.807) is 24.3 Å². The zero-order valence-corrected chi connectivity index (χ0v) is 28.6. The monoisotopic (exact) mass is 720 g/mol. The molecule has 0 spiro atoms. The molecule has 0 saturated carbocycles. The highest BCUT2D eigenvalue weighted by Gasteiger charge is 2.49. The minimum atomic E-state index is -1.06. The highest BCUT2D eigenvalue weighted by molar-refractivity contribution is 6.01. The molecule has 3 aliphatic rings. The molecule has 53 heavy (non-hydrogen) atoms. The maximum atomic E-state index is 16.9. The third kappa shape index (κ3) is 6.46. The Kier molecular flexibility index (Phi) is 9.03. The normalized spacial score (nSPS) is 22.0. The third-order valence-electron chi connectivity index (χ3n) is 10.5. The molecule has 2 aromatic heterocycles. The number of hydrogen-bond acceptors (Lipinski definition) is 10. The van der Waals surface area contributed by atoms with Crippen LogP contribution in [0, 0.1) is 17.1 Å². The summed E-state index contributed by atoms with van der Waals surface area (Å²) in [4.78, 5) is 35.8. The van der Waals surface area contributed by atoms with E-state index in [4.69, 9.17) is 9.72 Å². The zero-order valence-electron chi connectivity index (χ0n) is 28.6. The predicted molar refractivity (Wildman–Crippen MR) is 192 cm³/mol. The number of fused-ring (bicyclic) bond motifs is 3. The fourth-order valence-corrected chi connectivity index (χ4v) is 8.10. The summed E-state index contributed by atoms with van der Waals surface area (Å²) < 4.78 is 53.0. The first-order chi connectivity index (χ1) is 25.7. The van der Waals surface area contributed by atoms with Gasteiger partial charge in [0, 0.05) is 62.0 Å². The molecule has 3 atom stereocenters. The van der Waals surface area contributed by atoms with Crippen LogP contribution in [0.3, 0.4) is 0 Å². The zero-order chi connectivity index (χ0) is 36.7. The number of carbonyl (C=O) groups excluding carboxylic acids is 1. The number of alkyl halides is 1. The van der Waals surface area contributed by atoms with Crippen molar-refractivity contribution in [3.8, 4) is 29.0 Å². The molecule has 11 nitrogen and oxygen atoms in total. The second kappa shape index (κ2) is 14.0. The number of aromatic nitrogens is 4. The summed E-state index contributed by atoms with van der Waals surface area (Å²) in [5.41, 5.74) is 0.141. The lowest BCUT2D eigenvalue weighted by Gasteiger charge is -2.41. The van der Waals surface area contributed by atoms with E-state index < -0.39 is 35.3 Å². The molecule has 2 unspecified atom stereocenters. The van der Waals surface area contributed by atoms with Crippen LogP contribution in [-0.4, -0.2) is 97.8 Å². The van der Waals surface area contributed by atoms with Crippen LogP contribution in [-0.2, 0) is 4.79 Å². The van der Waals surface area contributed by atoms with Gasteiger partial charge in [-0.1, -0.05) is 30.3 Å². The van der Waals surface area contributed by atoms with E-state index in [9.17, 15) is 19.6 Å². The summed E-state index contributed by atoms with van der Waals surface area (Å²) >= 11 is 0. The van der Waals surface area contributed by atoms with Crippen LogP contribution in [0.1, 0.15) is 31.5 Å². The second-order valence-corrected chi connectivity index (χ2v) is 13.8. The van der Waals surface area contributed by atoms with Gasteiger partial charge in [-0.25, -0.2) is 23.1 Å². The molecule has 5 aromatic rings. The van der Waals surface area contributed by atoms with Crippen LogP contribution in [0.5, 0.6) is 11.8 Å². The van der Waals surface area contributed by atoms with Crippen molar-refractivity contribution < 1.29 is 27.8 Å². The van der Waals surface area contributed by atoms with Crippen molar-refractivity contribution in [2.24, 2.45) is 0 Å². The van der Waals surface area contributed by atoms with E-state index in [2.05, 4.69) is 25.9 Å². The molecule has 0 radical (unpaired) electrons. The van der Waals surface area contributed by atoms with Crippen LogP contribution in [0.25, 0.3) is 38.9 Å². The number of phenolic OH excluding ortho intramolecular Hbond substituents is 1. The number of nitrogens with zero attached hydrogens (tertiary/aromatic N) is 8. The number of piperazine rings is 1. The van der Waals surface area contributed by atoms with Gasteiger partial charge in [-0.05, 0) is 60.0 Å². The number of hydrogen-bond donors (Lipinski definition) is 1. The SMILES string of the molecule is N#CCC1CN(c2nc(OC[C@@]34CCCN3CC(F)C4)nc3c(F)c(-c4cc(O)cc5ccccc45)ccc23)CCN1C(=O)/C(F)=C/c1ncccn1. The fourth-order valence-electron chi connectivity index (χ4n) is 8.10. The van der Waals surface area contributed by atoms with E-state index in [0.29, 0.717) is 29.7 Å². The number of rotatable bonds is 8. The summed E-state index contributed by atoms with van der Waals surface area (Å²) in [6.07, 6.45) is 4.74. The van der Waals surface area contributed by atoms with Crippen LogP contribution >= 0.6 is 0 Å². The Morgan fingerprint density at radius 3 is 2.70 bits per heavy atom. The predicted octanol–water partition coefficient (Wildman–Crippen LogP) is 5.98. The summed E-state index contributed by atoms with van der Waals surface area (Å²) in [6, 6.07) is 16.6. The number of ether oxygens (including phenoxy) is 1. The summed E-state index contributed by atoms with van der Waals surface area (Å²) in [5, 5.41) is 22.1. The number of amides is 1. The first kappa shape index (κ1) is 34.3. The van der Waals surface area contributed by atoms with E-state index in [1.165, 1.54) is 23.4 Å². The number of carbonyl (C=O) groups is 1. The first-order valence-corrected chi connectivity index (χ1v) is 17.5. The molecule has 14 heteroatoms. The van der Waals surface area contributed by atoms with Crippen molar-refractivity contribution in [3.63, 3.8) is 0 Å². The number of halogens is 3. The van der Waals surface area contributed by atoms with E-state index in [0.717, 1.165) is 36.2 Å². The van der Waals surface area contributed by atoms with Crippen LogP contribution < -0.4 is 9.64 Å². The van der Waals surface area contributed by atoms with Crippen molar-refractivity contribution in [3.05, 3.63) is 84.5 Å². The maximum absolute atomic E-state index is 16.9. The van der Waals surface area contributed by atoms with Gasteiger partial charge in [-0.3, -0.25) is 9.69 Å². The maximum Gasteiger partial charge on any atom is 0.319 e. The molecule has 270 valence electrons. The molecular weight excluding hydrogens is 685 g/mol. The molecule has 1 N–H and O–H groups in total. The van der Waals surface area contributed by atoms with E-state index in [1.807, 2.05) is 29.2 Å². The molecule has 1 amide bonds. The van der Waals surface area contributed by atoms with Crippen molar-refractivity contribution in [2.75, 3.05) is 44.2 Å². The molecule has 8 rings (SSSR count). The highest BCUT2D eigenvalue weighted by Crippen LogP contribution is 2.42. The topological polar surface area (TPSA) is 132 Å². The highest BCUT2D eigenvalue weighted by atomic mass is 19.1. The Bertz CT molecular complexity index is 2290. The molecule has 3 saturated heterocycles. The summed E-state index contributed by atoms with van der Waals surface area (Å²) in [6.45, 7) is 1.52. The summed E-state index contributed by atoms with van der Waals surface area (Å²) in [7, 11) is 0. The van der Waals surface area contributed by atoms with Crippen molar-refractivity contribution in [1.29, 1.82) is 5.26 Å². The largest absolute Gasteiger partial charge is 0.508 e. The first-order valence-electron chi connectivity index (χ1n) is 17.5. The van der Waals surface area contributed by atoms with Crippen molar-refractivity contribution >= 4 is 39.5 Å². The smallest absolute Gasteiger partial charge is 0.319 e. The lowest BCUT2D eigenvalue weighted by atomic mass is 9.95. The Morgan fingerprint density at radius 2 is 1.87 bits per heavy atom. The molecule has 0 aliphatic carbocycles. The van der Waals surface area contributed by atoms with Gasteiger partial charge < -0.3 is 19.6 Å². The van der Waals surface area contributed by atoms with Crippen molar-refractivity contribution in [2.45, 2.75) is 43.4 Å². The average Bonchev–Trinajstić information content (AvgIpc) is 3.69. The average molecular weight is 721 g/mol. The minimum Gasteiger partial charge on any atom is -0.508 e. The van der Waals surface area contributed by atoms with Gasteiger partial charge >= 0.3 is 6.01 Å². The third-order valence-corrected chi connectivity index (χ3v) is 10.5. The van der Waals surface area contributed by atoms with Gasteiger partial charge in [0.15, 0.2) is 17.5 Å². The Labute approximate surface area is 303 Å². The summed E-state index contributed by atoms with van der Waals surface area (Å²) in [5.74, 6) is -2.29. The molecule has 0 bridgehead atoms. The van der Waals surface area contributed by atoms with Gasteiger partial charge in [-0.2, -0.15) is 15.2 Å². The molecule has 3 aliphatic heterocycles. The molecule has 5 heterocycles. The standard InChI is InChI=1S/C39H35F3N8O3/c40-25-20-39(10-3-14-49(39)21-25)23-53-38-46-35-30(8-7-29(34(35)42)31-18-27(51)17-24-5-1-2-6-28(24)31)36(47-38)48-15-16-50(26(22-48)9-11-43)37(52)32(41)19-33-44-12-4-13-45-33/h1-2,4-8,12-13,17-19,25-26,51H,3,9-10,14-16,20-23H2/b32-19-/t25?,26?,39-/m0/s1.